The zero-order valence-corrected chi connectivity index (χ0v) is 39.0. The molecule has 9 nitrogen and oxygen atoms in total. The molecule has 0 aromatic rings. The number of aliphatic hydroxyl groups is 1. The maximum atomic E-state index is 12.8. The molecule has 0 aromatic carbocycles. The van der Waals surface area contributed by atoms with E-state index >= 15 is 0 Å². The Morgan fingerprint density at radius 2 is 0.950 bits per heavy atom. The second-order valence-corrected chi connectivity index (χ2v) is 17.3. The van der Waals surface area contributed by atoms with Gasteiger partial charge in [-0.1, -0.05) is 212 Å². The molecule has 60 heavy (non-hydrogen) atoms. The number of carboxylic acid groups (broad SMARTS) is 1. The Morgan fingerprint density at radius 3 is 1.42 bits per heavy atom. The smallest absolute Gasteiger partial charge is 0.328 e. The van der Waals surface area contributed by atoms with Gasteiger partial charge in [0.2, 0.25) is 11.8 Å². The summed E-state index contributed by atoms with van der Waals surface area (Å²) in [5.74, 6) is -2.33. The minimum atomic E-state index is -1.38. The second-order valence-electron chi connectivity index (χ2n) is 17.3. The van der Waals surface area contributed by atoms with Crippen LogP contribution in [0.2, 0.25) is 0 Å². The number of amides is 2. The van der Waals surface area contributed by atoms with Crippen molar-refractivity contribution in [3.8, 4) is 0 Å². The topological polar surface area (TPSA) is 142 Å². The van der Waals surface area contributed by atoms with Crippen LogP contribution in [0.3, 0.4) is 0 Å². The Kier molecular flexibility index (Phi) is 43.8. The van der Waals surface area contributed by atoms with Crippen molar-refractivity contribution in [2.24, 2.45) is 0 Å². The van der Waals surface area contributed by atoms with Crippen molar-refractivity contribution >= 4 is 23.8 Å². The van der Waals surface area contributed by atoms with Gasteiger partial charge in [0.05, 0.1) is 13.2 Å². The molecule has 4 N–H and O–H groups in total. The van der Waals surface area contributed by atoms with Crippen molar-refractivity contribution in [2.75, 3.05) is 13.2 Å². The fourth-order valence-electron chi connectivity index (χ4n) is 7.55. The number of aliphatic carboxylic acids is 1. The lowest BCUT2D eigenvalue weighted by Gasteiger charge is -2.15. The van der Waals surface area contributed by atoms with Crippen LogP contribution in [0.4, 0.5) is 0 Å². The van der Waals surface area contributed by atoms with E-state index in [2.05, 4.69) is 48.8 Å². The van der Waals surface area contributed by atoms with Gasteiger partial charge < -0.3 is 25.6 Å². The Labute approximate surface area is 368 Å². The third kappa shape index (κ3) is 42.0. The van der Waals surface area contributed by atoms with Gasteiger partial charge in [-0.3, -0.25) is 14.4 Å². The summed E-state index contributed by atoms with van der Waals surface area (Å²) in [6, 6.07) is -1.38. The minimum absolute atomic E-state index is 0.0888. The standard InChI is InChI=1S/C51H94N2O7/c1-3-5-7-9-11-13-14-15-16-17-18-19-20-21-22-23-24-25-26-27-29-35-39-43-50(57)60-46(40-36-32-28-12-10-8-6-4-2)41-37-33-30-31-34-38-42-48(55)52-44-49(56)53-47(45-54)51(58)59/h12,28,36,40,46-47,54H,3-11,13-27,29-35,37-39,41-45H2,1-2H3,(H,52,55)(H,53,56)(H,58,59)/b28-12-,40-36-. The van der Waals surface area contributed by atoms with Crippen LogP contribution >= 0.6 is 0 Å². The third-order valence-electron chi connectivity index (χ3n) is 11.4. The molecule has 2 unspecified atom stereocenters. The van der Waals surface area contributed by atoms with Crippen LogP contribution in [-0.4, -0.2) is 59.3 Å². The number of aliphatic hydroxyl groups excluding tert-OH is 1. The van der Waals surface area contributed by atoms with Gasteiger partial charge >= 0.3 is 11.9 Å². The number of allylic oxidation sites excluding steroid dienone is 3. The van der Waals surface area contributed by atoms with Gasteiger partial charge in [0.25, 0.3) is 0 Å². The van der Waals surface area contributed by atoms with E-state index in [9.17, 15) is 19.2 Å². The van der Waals surface area contributed by atoms with E-state index in [1.54, 1.807) is 0 Å². The summed E-state index contributed by atoms with van der Waals surface area (Å²) in [4.78, 5) is 47.5. The summed E-state index contributed by atoms with van der Waals surface area (Å²) >= 11 is 0. The van der Waals surface area contributed by atoms with E-state index in [1.807, 2.05) is 0 Å². The molecule has 0 heterocycles. The first-order valence-corrected chi connectivity index (χ1v) is 25.2. The highest BCUT2D eigenvalue weighted by Gasteiger charge is 2.18. The van der Waals surface area contributed by atoms with Crippen molar-refractivity contribution in [3.63, 3.8) is 0 Å². The number of unbranched alkanes of at least 4 members (excludes halogenated alkanes) is 30. The molecule has 350 valence electrons. The van der Waals surface area contributed by atoms with Crippen molar-refractivity contribution in [3.05, 3.63) is 24.3 Å². The van der Waals surface area contributed by atoms with Gasteiger partial charge in [0.15, 0.2) is 0 Å². The van der Waals surface area contributed by atoms with Gasteiger partial charge in [-0.25, -0.2) is 4.79 Å². The number of carbonyl (C=O) groups is 4. The normalized spacial score (nSPS) is 12.6. The van der Waals surface area contributed by atoms with Crippen LogP contribution < -0.4 is 10.6 Å². The SMILES string of the molecule is CCCCC/C=C\C/C=C\C(CCCCCCCCC(=O)NCC(=O)NC(CO)C(=O)O)OC(=O)CCCCCCCCCCCCCCCCCCCCCCCCC. The molecular formula is C51H94N2O7. The van der Waals surface area contributed by atoms with Gasteiger partial charge in [-0.05, 0) is 51.0 Å². The highest BCUT2D eigenvalue weighted by molar-refractivity contribution is 5.87. The molecular weight excluding hydrogens is 753 g/mol. The number of nitrogens with one attached hydrogen (secondary N) is 2. The molecule has 2 atom stereocenters. The van der Waals surface area contributed by atoms with Crippen LogP contribution in [0.25, 0.3) is 0 Å². The van der Waals surface area contributed by atoms with Crippen LogP contribution in [0.1, 0.15) is 251 Å². The monoisotopic (exact) mass is 847 g/mol. The first-order valence-electron chi connectivity index (χ1n) is 25.2. The summed E-state index contributed by atoms with van der Waals surface area (Å²) in [7, 11) is 0. The number of esters is 1. The lowest BCUT2D eigenvalue weighted by Crippen LogP contribution is -2.47. The highest BCUT2D eigenvalue weighted by atomic mass is 16.5. The molecule has 2 amide bonds. The van der Waals surface area contributed by atoms with Crippen LogP contribution in [-0.2, 0) is 23.9 Å². The first kappa shape index (κ1) is 57.3. The third-order valence-corrected chi connectivity index (χ3v) is 11.4. The molecule has 0 aromatic heterocycles. The van der Waals surface area contributed by atoms with Gasteiger partial charge in [0, 0.05) is 12.8 Å². The number of carbonyl (C=O) groups excluding carboxylic acids is 3. The average Bonchev–Trinajstić information content (AvgIpc) is 3.23. The first-order chi connectivity index (χ1) is 29.3. The largest absolute Gasteiger partial charge is 0.480 e. The van der Waals surface area contributed by atoms with Gasteiger partial charge in [-0.15, -0.1) is 0 Å². The predicted octanol–water partition coefficient (Wildman–Crippen LogP) is 13.2. The number of ether oxygens (including phenoxy) is 1. The maximum Gasteiger partial charge on any atom is 0.328 e. The quantitative estimate of drug-likeness (QED) is 0.0271. The molecule has 0 bridgehead atoms. The lowest BCUT2D eigenvalue weighted by molar-refractivity contribution is -0.147. The van der Waals surface area contributed by atoms with Crippen molar-refractivity contribution < 1.29 is 34.1 Å². The molecule has 0 rings (SSSR count). The zero-order valence-electron chi connectivity index (χ0n) is 39.0. The van der Waals surface area contributed by atoms with Crippen molar-refractivity contribution in [1.29, 1.82) is 0 Å². The second kappa shape index (κ2) is 45.8. The number of hydrogen-bond acceptors (Lipinski definition) is 6. The van der Waals surface area contributed by atoms with Gasteiger partial charge in [0.1, 0.15) is 12.1 Å². The van der Waals surface area contributed by atoms with E-state index in [-0.39, 0.29) is 24.5 Å². The molecule has 0 spiro atoms. The summed E-state index contributed by atoms with van der Waals surface area (Å²) < 4.78 is 5.95. The van der Waals surface area contributed by atoms with E-state index in [0.717, 1.165) is 64.2 Å². The Bertz CT molecular complexity index is 1060. The summed E-state index contributed by atoms with van der Waals surface area (Å²) in [6.45, 7) is 3.47. The number of rotatable bonds is 46. The van der Waals surface area contributed by atoms with Crippen molar-refractivity contribution in [2.45, 2.75) is 264 Å². The van der Waals surface area contributed by atoms with Gasteiger partial charge in [-0.2, -0.15) is 0 Å². The Morgan fingerprint density at radius 1 is 0.517 bits per heavy atom. The fraction of sp³-hybridized carbons (Fsp3) is 0.843. The molecule has 0 saturated carbocycles. The molecule has 0 saturated heterocycles. The molecule has 0 aliphatic heterocycles. The zero-order chi connectivity index (χ0) is 44.0. The van der Waals surface area contributed by atoms with Crippen LogP contribution in [0.5, 0.6) is 0 Å². The van der Waals surface area contributed by atoms with Crippen LogP contribution in [0, 0.1) is 0 Å². The lowest BCUT2D eigenvalue weighted by atomic mass is 10.0. The van der Waals surface area contributed by atoms with Crippen LogP contribution in [0.15, 0.2) is 24.3 Å². The average molecular weight is 847 g/mol. The molecule has 0 aliphatic rings. The summed E-state index contributed by atoms with van der Waals surface area (Å²) in [5.41, 5.74) is 0. The molecule has 0 aliphatic carbocycles. The van der Waals surface area contributed by atoms with E-state index in [1.165, 1.54) is 154 Å². The summed E-state index contributed by atoms with van der Waals surface area (Å²) in [6.07, 6.45) is 52.6. The highest BCUT2D eigenvalue weighted by Crippen LogP contribution is 2.17. The maximum absolute atomic E-state index is 12.8. The Balaban J connectivity index is 4.05. The number of carboxylic acids is 1. The molecule has 0 fully saturated rings. The summed E-state index contributed by atoms with van der Waals surface area (Å²) in [5, 5.41) is 22.5. The minimum Gasteiger partial charge on any atom is -0.480 e. The Hall–Kier alpha value is -2.68. The molecule has 9 heteroatoms. The van der Waals surface area contributed by atoms with E-state index < -0.39 is 24.5 Å². The number of hydrogen-bond donors (Lipinski definition) is 4. The van der Waals surface area contributed by atoms with E-state index in [4.69, 9.17) is 14.9 Å². The predicted molar refractivity (Wildman–Crippen MR) is 250 cm³/mol. The van der Waals surface area contributed by atoms with E-state index in [0.29, 0.717) is 19.3 Å². The fourth-order valence-corrected chi connectivity index (χ4v) is 7.55. The van der Waals surface area contributed by atoms with Crippen molar-refractivity contribution in [1.82, 2.24) is 10.6 Å². The molecule has 0 radical (unpaired) electrons.